The van der Waals surface area contributed by atoms with E-state index in [1.807, 2.05) is 43.5 Å². The van der Waals surface area contributed by atoms with E-state index in [2.05, 4.69) is 74.4 Å². The summed E-state index contributed by atoms with van der Waals surface area (Å²) < 4.78 is 3.71. The van der Waals surface area contributed by atoms with E-state index in [0.29, 0.717) is 5.92 Å². The van der Waals surface area contributed by atoms with Crippen molar-refractivity contribution < 1.29 is 0 Å². The summed E-state index contributed by atoms with van der Waals surface area (Å²) in [5, 5.41) is 11.2. The first-order valence-corrected chi connectivity index (χ1v) is 9.67. The molecule has 0 N–H and O–H groups in total. The van der Waals surface area contributed by atoms with Crippen LogP contribution in [0.5, 0.6) is 0 Å². The lowest BCUT2D eigenvalue weighted by Crippen LogP contribution is -1.87. The third-order valence-corrected chi connectivity index (χ3v) is 4.40. The van der Waals surface area contributed by atoms with E-state index >= 15 is 0 Å². The largest absolute Gasteiger partial charge is 0.275 e. The molecule has 0 bridgehead atoms. The van der Waals surface area contributed by atoms with Crippen molar-refractivity contribution in [3.8, 4) is 0 Å². The molecule has 0 saturated heterocycles. The van der Waals surface area contributed by atoms with Crippen molar-refractivity contribution in [1.29, 1.82) is 0 Å². The topological polar surface area (TPSA) is 35.6 Å². The van der Waals surface area contributed by atoms with Crippen LogP contribution >= 0.6 is 0 Å². The quantitative estimate of drug-likeness (QED) is 0.421. The monoisotopic (exact) mass is 364 g/mol. The number of fused-ring (bicyclic) bond motifs is 2. The number of aryl methyl sites for hydroxylation is 4. The van der Waals surface area contributed by atoms with Crippen molar-refractivity contribution in [2.24, 2.45) is 14.1 Å². The van der Waals surface area contributed by atoms with Crippen molar-refractivity contribution in [3.05, 3.63) is 59.4 Å². The van der Waals surface area contributed by atoms with E-state index in [1.165, 1.54) is 27.5 Å². The van der Waals surface area contributed by atoms with Crippen molar-refractivity contribution in [3.63, 3.8) is 0 Å². The van der Waals surface area contributed by atoms with Gasteiger partial charge in [0.25, 0.3) is 0 Å². The molecule has 4 heteroatoms. The molecule has 0 amide bonds. The minimum atomic E-state index is 0.575. The smallest absolute Gasteiger partial charge is 0.0928 e. The lowest BCUT2D eigenvalue weighted by Gasteiger charge is -2.03. The first-order valence-electron chi connectivity index (χ1n) is 9.67. The van der Waals surface area contributed by atoms with E-state index in [-0.39, 0.29) is 0 Å². The Hall–Kier alpha value is -2.62. The van der Waals surface area contributed by atoms with Gasteiger partial charge in [0.1, 0.15) is 0 Å². The molecule has 0 saturated carbocycles. The molecule has 4 nitrogen and oxygen atoms in total. The van der Waals surface area contributed by atoms with Crippen LogP contribution in [0, 0.1) is 13.8 Å². The van der Waals surface area contributed by atoms with Crippen LogP contribution in [-0.4, -0.2) is 19.6 Å². The maximum absolute atomic E-state index is 4.37. The van der Waals surface area contributed by atoms with Crippen LogP contribution in [0.15, 0.2) is 42.7 Å². The average Bonchev–Trinajstić information content (AvgIpc) is 3.17. The SMILES string of the molecule is CC.CC(C)c1ccc2cn(C)nc2c1.Cc1cc(C)c2cn(C)nc2c1. The highest BCUT2D eigenvalue weighted by Crippen LogP contribution is 2.20. The normalized spacial score (nSPS) is 10.6. The van der Waals surface area contributed by atoms with Crippen LogP contribution in [0.1, 0.15) is 50.3 Å². The lowest BCUT2D eigenvalue weighted by atomic mass is 10.0. The van der Waals surface area contributed by atoms with Crippen LogP contribution < -0.4 is 0 Å². The molecule has 0 atom stereocenters. The molecule has 2 aromatic heterocycles. The van der Waals surface area contributed by atoms with E-state index in [4.69, 9.17) is 0 Å². The highest BCUT2D eigenvalue weighted by Gasteiger charge is 2.03. The van der Waals surface area contributed by atoms with Crippen molar-refractivity contribution in [2.75, 3.05) is 0 Å². The summed E-state index contributed by atoms with van der Waals surface area (Å²) in [6.07, 6.45) is 4.10. The first-order chi connectivity index (χ1) is 12.8. The number of aromatic nitrogens is 4. The van der Waals surface area contributed by atoms with Gasteiger partial charge in [-0.2, -0.15) is 10.2 Å². The second-order valence-corrected chi connectivity index (χ2v) is 7.09. The van der Waals surface area contributed by atoms with Gasteiger partial charge in [-0.1, -0.05) is 45.9 Å². The second kappa shape index (κ2) is 8.85. The Bertz CT molecular complexity index is 1020. The molecule has 2 aromatic carbocycles. The maximum Gasteiger partial charge on any atom is 0.0928 e. The molecule has 4 aromatic rings. The Morgan fingerprint density at radius 1 is 0.815 bits per heavy atom. The number of benzene rings is 2. The molecule has 0 unspecified atom stereocenters. The molecule has 0 spiro atoms. The van der Waals surface area contributed by atoms with Gasteiger partial charge in [-0.05, 0) is 48.6 Å². The van der Waals surface area contributed by atoms with Crippen LogP contribution in [-0.2, 0) is 14.1 Å². The maximum atomic E-state index is 4.37. The molecule has 0 aliphatic heterocycles. The fraction of sp³-hybridized carbons (Fsp3) is 0.391. The van der Waals surface area contributed by atoms with Crippen LogP contribution in [0.4, 0.5) is 0 Å². The first kappa shape index (κ1) is 20.7. The molecule has 0 aliphatic carbocycles. The Labute approximate surface area is 162 Å². The summed E-state index contributed by atoms with van der Waals surface area (Å²) in [7, 11) is 3.91. The second-order valence-electron chi connectivity index (χ2n) is 7.09. The van der Waals surface area contributed by atoms with Crippen LogP contribution in [0.3, 0.4) is 0 Å². The predicted octanol–water partition coefficient (Wildman–Crippen LogP) is 5.91. The molecule has 0 fully saturated rings. The molecular weight excluding hydrogens is 332 g/mol. The summed E-state index contributed by atoms with van der Waals surface area (Å²) in [6, 6.07) is 10.8. The van der Waals surface area contributed by atoms with Gasteiger partial charge in [0.2, 0.25) is 0 Å². The Morgan fingerprint density at radius 2 is 1.44 bits per heavy atom. The number of hydrogen-bond acceptors (Lipinski definition) is 2. The highest BCUT2D eigenvalue weighted by atomic mass is 15.2. The Balaban J connectivity index is 0.000000178. The zero-order valence-corrected chi connectivity index (χ0v) is 17.9. The summed E-state index contributed by atoms with van der Waals surface area (Å²) >= 11 is 0. The van der Waals surface area contributed by atoms with Crippen LogP contribution in [0.2, 0.25) is 0 Å². The van der Waals surface area contributed by atoms with E-state index in [1.54, 1.807) is 0 Å². The zero-order valence-electron chi connectivity index (χ0n) is 17.9. The molecular formula is C23H32N4. The fourth-order valence-corrected chi connectivity index (χ4v) is 3.11. The molecule has 0 aliphatic rings. The van der Waals surface area contributed by atoms with Crippen molar-refractivity contribution in [2.45, 2.75) is 47.5 Å². The zero-order chi connectivity index (χ0) is 20.1. The molecule has 27 heavy (non-hydrogen) atoms. The van der Waals surface area contributed by atoms with Gasteiger partial charge in [-0.3, -0.25) is 9.36 Å². The standard InChI is InChI=1S/C11H14N2.C10H12N2.C2H6/c1-8(2)9-4-5-10-7-13(3)12-11(10)6-9;1-7-4-8(2)9-6-12(3)11-10(9)5-7;1-2/h4-8H,1-3H3;4-6H,1-3H3;1-2H3. The summed E-state index contributed by atoms with van der Waals surface area (Å²) in [5.41, 5.74) is 6.12. The number of rotatable bonds is 1. The highest BCUT2D eigenvalue weighted by molar-refractivity contribution is 5.82. The van der Waals surface area contributed by atoms with E-state index < -0.39 is 0 Å². The average molecular weight is 365 g/mol. The van der Waals surface area contributed by atoms with Gasteiger partial charge < -0.3 is 0 Å². The Morgan fingerprint density at radius 3 is 2.11 bits per heavy atom. The van der Waals surface area contributed by atoms with Crippen LogP contribution in [0.25, 0.3) is 21.8 Å². The van der Waals surface area contributed by atoms with Gasteiger partial charge >= 0.3 is 0 Å². The number of hydrogen-bond donors (Lipinski definition) is 0. The minimum Gasteiger partial charge on any atom is -0.275 e. The van der Waals surface area contributed by atoms with Gasteiger partial charge in [0.05, 0.1) is 11.0 Å². The minimum absolute atomic E-state index is 0.575. The number of nitrogens with zero attached hydrogens (tertiary/aromatic N) is 4. The molecule has 2 heterocycles. The summed E-state index contributed by atoms with van der Waals surface area (Å²) in [5.74, 6) is 0.575. The Kier molecular flexibility index (Phi) is 6.78. The van der Waals surface area contributed by atoms with Gasteiger partial charge in [-0.15, -0.1) is 0 Å². The molecule has 0 radical (unpaired) electrons. The van der Waals surface area contributed by atoms with Crippen molar-refractivity contribution in [1.82, 2.24) is 19.6 Å². The van der Waals surface area contributed by atoms with E-state index in [9.17, 15) is 0 Å². The van der Waals surface area contributed by atoms with Gasteiger partial charge in [-0.25, -0.2) is 0 Å². The summed E-state index contributed by atoms with van der Waals surface area (Å²) in [4.78, 5) is 0. The third kappa shape index (κ3) is 4.97. The third-order valence-electron chi connectivity index (χ3n) is 4.40. The van der Waals surface area contributed by atoms with Gasteiger partial charge in [0.15, 0.2) is 0 Å². The summed E-state index contributed by atoms with van der Waals surface area (Å²) in [6.45, 7) is 12.6. The van der Waals surface area contributed by atoms with Crippen molar-refractivity contribution >= 4 is 21.8 Å². The van der Waals surface area contributed by atoms with Gasteiger partial charge in [0, 0.05) is 37.3 Å². The van der Waals surface area contributed by atoms with E-state index in [0.717, 1.165) is 11.0 Å². The molecule has 4 rings (SSSR count). The fourth-order valence-electron chi connectivity index (χ4n) is 3.11. The molecule has 144 valence electrons. The predicted molar refractivity (Wildman–Crippen MR) is 116 cm³/mol. The lowest BCUT2D eigenvalue weighted by molar-refractivity contribution is 0.779.